The van der Waals surface area contributed by atoms with Crippen molar-refractivity contribution in [1.82, 2.24) is 20.1 Å². The van der Waals surface area contributed by atoms with Crippen LogP contribution in [0.15, 0.2) is 16.9 Å². The van der Waals surface area contributed by atoms with Gasteiger partial charge in [-0.1, -0.05) is 5.16 Å². The molecule has 8 nitrogen and oxygen atoms in total. The van der Waals surface area contributed by atoms with Gasteiger partial charge in [0.25, 0.3) is 0 Å². The molecule has 8 heteroatoms. The average molecular weight is 291 g/mol. The molecule has 0 aliphatic carbocycles. The van der Waals surface area contributed by atoms with Gasteiger partial charge < -0.3 is 10.1 Å². The first-order chi connectivity index (χ1) is 10.2. The summed E-state index contributed by atoms with van der Waals surface area (Å²) < 4.78 is 12.1. The summed E-state index contributed by atoms with van der Waals surface area (Å²) in [7, 11) is 1.84. The number of amides is 1. The summed E-state index contributed by atoms with van der Waals surface area (Å²) in [4.78, 5) is 12.5. The molecule has 1 fully saturated rings. The van der Waals surface area contributed by atoms with Gasteiger partial charge >= 0.3 is 0 Å². The third-order valence-corrected chi connectivity index (χ3v) is 3.70. The van der Waals surface area contributed by atoms with Crippen LogP contribution in [0.25, 0.3) is 0 Å². The molecule has 1 aliphatic rings. The van der Waals surface area contributed by atoms with E-state index >= 15 is 0 Å². The van der Waals surface area contributed by atoms with Gasteiger partial charge in [0.2, 0.25) is 5.91 Å². The number of hydrogen-bond donors (Lipinski definition) is 1. The van der Waals surface area contributed by atoms with Crippen molar-refractivity contribution in [2.24, 2.45) is 13.0 Å². The van der Waals surface area contributed by atoms with Crippen LogP contribution in [0.4, 0.5) is 5.82 Å². The Morgan fingerprint density at radius 1 is 1.48 bits per heavy atom. The van der Waals surface area contributed by atoms with Crippen molar-refractivity contribution in [2.45, 2.75) is 25.9 Å². The van der Waals surface area contributed by atoms with Crippen molar-refractivity contribution in [1.29, 1.82) is 0 Å². The molecular formula is C13H17N5O3. The number of aryl methyl sites for hydroxylation is 2. The van der Waals surface area contributed by atoms with Gasteiger partial charge in [-0.15, -0.1) is 0 Å². The van der Waals surface area contributed by atoms with Gasteiger partial charge in [-0.3, -0.25) is 9.48 Å². The average Bonchev–Trinajstić information content (AvgIpc) is 3.08. The van der Waals surface area contributed by atoms with E-state index in [0.717, 1.165) is 18.5 Å². The van der Waals surface area contributed by atoms with E-state index in [1.807, 2.05) is 13.1 Å². The van der Waals surface area contributed by atoms with Crippen LogP contribution >= 0.6 is 0 Å². The Bertz CT molecular complexity index is 635. The van der Waals surface area contributed by atoms with Crippen LogP contribution in [0.2, 0.25) is 0 Å². The van der Waals surface area contributed by atoms with Crippen molar-refractivity contribution in [2.75, 3.05) is 11.9 Å². The third-order valence-electron chi connectivity index (χ3n) is 3.70. The van der Waals surface area contributed by atoms with Gasteiger partial charge in [-0.25, -0.2) is 4.63 Å². The second-order valence-corrected chi connectivity index (χ2v) is 5.11. The number of carbonyl (C=O) groups is 1. The number of nitrogens with zero attached hydrogens (tertiary/aromatic N) is 4. The fraction of sp³-hybridized carbons (Fsp3) is 0.538. The summed E-state index contributed by atoms with van der Waals surface area (Å²) in [5.41, 5.74) is 1.45. The quantitative estimate of drug-likeness (QED) is 0.913. The molecule has 112 valence electrons. The fourth-order valence-corrected chi connectivity index (χ4v) is 2.56. The summed E-state index contributed by atoms with van der Waals surface area (Å²) in [6.07, 6.45) is 3.01. The van der Waals surface area contributed by atoms with Gasteiger partial charge in [0.15, 0.2) is 5.82 Å². The molecule has 1 saturated heterocycles. The molecule has 2 aromatic heterocycles. The van der Waals surface area contributed by atoms with E-state index in [0.29, 0.717) is 18.1 Å². The van der Waals surface area contributed by atoms with E-state index in [1.165, 1.54) is 0 Å². The molecule has 2 atom stereocenters. The van der Waals surface area contributed by atoms with Crippen LogP contribution in [-0.4, -0.2) is 32.6 Å². The number of aromatic nitrogens is 4. The zero-order valence-corrected chi connectivity index (χ0v) is 11.9. The Balaban J connectivity index is 1.79. The lowest BCUT2D eigenvalue weighted by atomic mass is 9.91. The predicted octanol–water partition coefficient (Wildman–Crippen LogP) is 1.22. The highest BCUT2D eigenvalue weighted by Gasteiger charge is 2.35. The van der Waals surface area contributed by atoms with Gasteiger partial charge in [0.1, 0.15) is 11.8 Å². The number of carbonyl (C=O) groups excluding carboxylic acids is 1. The van der Waals surface area contributed by atoms with Crippen molar-refractivity contribution in [3.8, 4) is 0 Å². The van der Waals surface area contributed by atoms with E-state index in [4.69, 9.17) is 4.74 Å². The Morgan fingerprint density at radius 2 is 2.33 bits per heavy atom. The van der Waals surface area contributed by atoms with Crippen LogP contribution in [0.3, 0.4) is 0 Å². The van der Waals surface area contributed by atoms with E-state index in [-0.39, 0.29) is 17.9 Å². The van der Waals surface area contributed by atoms with Crippen molar-refractivity contribution in [3.63, 3.8) is 0 Å². The molecule has 1 amide bonds. The van der Waals surface area contributed by atoms with Gasteiger partial charge in [0.05, 0.1) is 11.6 Å². The zero-order valence-electron chi connectivity index (χ0n) is 11.9. The normalized spacial score (nSPS) is 22.2. The first kappa shape index (κ1) is 13.7. The SMILES string of the molecule is Cc1nonc1NC(=O)[C@@H]1CCCO[C@H]1c1ccnn1C. The Labute approximate surface area is 121 Å². The van der Waals surface area contributed by atoms with Crippen molar-refractivity contribution >= 4 is 11.7 Å². The minimum atomic E-state index is -0.300. The molecule has 0 spiro atoms. The van der Waals surface area contributed by atoms with Crippen LogP contribution in [0, 0.1) is 12.8 Å². The van der Waals surface area contributed by atoms with Crippen LogP contribution < -0.4 is 5.32 Å². The maximum absolute atomic E-state index is 12.5. The largest absolute Gasteiger partial charge is 0.371 e. The van der Waals surface area contributed by atoms with Crippen molar-refractivity contribution < 1.29 is 14.2 Å². The number of rotatable bonds is 3. The summed E-state index contributed by atoms with van der Waals surface area (Å²) in [5, 5.41) is 14.2. The first-order valence-electron chi connectivity index (χ1n) is 6.86. The molecule has 2 aromatic rings. The maximum Gasteiger partial charge on any atom is 0.231 e. The molecule has 1 N–H and O–H groups in total. The van der Waals surface area contributed by atoms with E-state index in [1.54, 1.807) is 17.8 Å². The lowest BCUT2D eigenvalue weighted by Crippen LogP contribution is -2.34. The Kier molecular flexibility index (Phi) is 3.70. The van der Waals surface area contributed by atoms with E-state index < -0.39 is 0 Å². The number of nitrogens with one attached hydrogen (secondary N) is 1. The van der Waals surface area contributed by atoms with Gasteiger partial charge in [0, 0.05) is 19.9 Å². The minimum absolute atomic E-state index is 0.139. The summed E-state index contributed by atoms with van der Waals surface area (Å²) >= 11 is 0. The molecule has 3 heterocycles. The standard InChI is InChI=1S/C13H17N5O3/c1-8-12(17-21-16-8)15-13(19)9-4-3-7-20-11(9)10-5-6-14-18(10)2/h5-6,9,11H,3-4,7H2,1-2H3,(H,15,17,19)/t9-,11-/m1/s1. The van der Waals surface area contributed by atoms with E-state index in [2.05, 4.69) is 25.4 Å². The highest BCUT2D eigenvalue weighted by Crippen LogP contribution is 2.34. The highest BCUT2D eigenvalue weighted by molar-refractivity contribution is 5.92. The second-order valence-electron chi connectivity index (χ2n) is 5.11. The molecule has 0 unspecified atom stereocenters. The van der Waals surface area contributed by atoms with Gasteiger partial charge in [-0.05, 0) is 31.0 Å². The molecule has 3 rings (SSSR count). The highest BCUT2D eigenvalue weighted by atomic mass is 16.6. The molecule has 0 radical (unpaired) electrons. The Hall–Kier alpha value is -2.22. The molecular weight excluding hydrogens is 274 g/mol. The number of hydrogen-bond acceptors (Lipinski definition) is 6. The van der Waals surface area contributed by atoms with E-state index in [9.17, 15) is 4.79 Å². The first-order valence-corrected chi connectivity index (χ1v) is 6.86. The lowest BCUT2D eigenvalue weighted by Gasteiger charge is -2.30. The number of anilines is 1. The topological polar surface area (TPSA) is 95.1 Å². The lowest BCUT2D eigenvalue weighted by molar-refractivity contribution is -0.129. The van der Waals surface area contributed by atoms with Crippen molar-refractivity contribution in [3.05, 3.63) is 23.7 Å². The molecule has 1 aliphatic heterocycles. The summed E-state index contributed by atoms with van der Waals surface area (Å²) in [6, 6.07) is 1.87. The second kappa shape index (κ2) is 5.65. The summed E-state index contributed by atoms with van der Waals surface area (Å²) in [5.74, 6) is -0.0701. The fourth-order valence-electron chi connectivity index (χ4n) is 2.56. The molecule has 21 heavy (non-hydrogen) atoms. The van der Waals surface area contributed by atoms with Crippen LogP contribution in [0.5, 0.6) is 0 Å². The Morgan fingerprint density at radius 3 is 3.00 bits per heavy atom. The smallest absolute Gasteiger partial charge is 0.231 e. The molecule has 0 bridgehead atoms. The maximum atomic E-state index is 12.5. The monoisotopic (exact) mass is 291 g/mol. The molecule has 0 saturated carbocycles. The van der Waals surface area contributed by atoms with Gasteiger partial charge in [-0.2, -0.15) is 5.10 Å². The zero-order chi connectivity index (χ0) is 14.8. The molecule has 0 aromatic carbocycles. The third kappa shape index (κ3) is 2.66. The predicted molar refractivity (Wildman–Crippen MR) is 72.3 cm³/mol. The number of ether oxygens (including phenoxy) is 1. The summed E-state index contributed by atoms with van der Waals surface area (Å²) in [6.45, 7) is 2.37. The van der Waals surface area contributed by atoms with Crippen LogP contribution in [-0.2, 0) is 16.6 Å². The minimum Gasteiger partial charge on any atom is -0.371 e. The van der Waals surface area contributed by atoms with Crippen LogP contribution in [0.1, 0.15) is 30.3 Å².